The summed E-state index contributed by atoms with van der Waals surface area (Å²) in [7, 11) is 0. The summed E-state index contributed by atoms with van der Waals surface area (Å²) in [6, 6.07) is 1.37. The number of nitrogens with zero attached hydrogens (tertiary/aromatic N) is 2. The second-order valence-electron chi connectivity index (χ2n) is 4.24. The molecule has 0 aromatic heterocycles. The van der Waals surface area contributed by atoms with Crippen LogP contribution in [-0.2, 0) is 0 Å². The Hall–Kier alpha value is -0.530. The molecule has 0 bridgehead atoms. The third-order valence-electron chi connectivity index (χ3n) is 3.45. The van der Waals surface area contributed by atoms with Gasteiger partial charge in [-0.1, -0.05) is 19.3 Å². The first kappa shape index (κ1) is 9.04. The molecule has 2 rings (SSSR count). The number of hydrogen-bond donors (Lipinski definition) is 0. The Morgan fingerprint density at radius 3 is 2.85 bits per heavy atom. The van der Waals surface area contributed by atoms with Crippen LogP contribution in [0.5, 0.6) is 0 Å². The molecule has 0 saturated heterocycles. The minimum Gasteiger partial charge on any atom is -0.356 e. The smallest absolute Gasteiger partial charge is 0.0965 e. The van der Waals surface area contributed by atoms with Crippen molar-refractivity contribution in [3.63, 3.8) is 0 Å². The number of hydrogen-bond acceptors (Lipinski definition) is 2. The third kappa shape index (κ3) is 1.59. The van der Waals surface area contributed by atoms with Crippen LogP contribution >= 0.6 is 0 Å². The topological polar surface area (TPSA) is 15.6 Å². The highest BCUT2D eigenvalue weighted by Crippen LogP contribution is 2.29. The van der Waals surface area contributed by atoms with Crippen LogP contribution in [0.3, 0.4) is 0 Å². The predicted octanol–water partition coefficient (Wildman–Crippen LogP) is 2.44. The highest BCUT2D eigenvalue weighted by atomic mass is 15.3. The lowest BCUT2D eigenvalue weighted by molar-refractivity contribution is 0.299. The van der Waals surface area contributed by atoms with Crippen molar-refractivity contribution in [2.24, 2.45) is 4.99 Å². The minimum atomic E-state index is 0.627. The van der Waals surface area contributed by atoms with Crippen molar-refractivity contribution < 1.29 is 0 Å². The zero-order valence-corrected chi connectivity index (χ0v) is 8.79. The maximum atomic E-state index is 4.77. The highest BCUT2D eigenvalue weighted by molar-refractivity contribution is 5.82. The summed E-state index contributed by atoms with van der Waals surface area (Å²) in [5.41, 5.74) is 0. The molecule has 0 aromatic carbocycles. The summed E-state index contributed by atoms with van der Waals surface area (Å²) >= 11 is 0. The fourth-order valence-corrected chi connectivity index (χ4v) is 2.80. The molecule has 2 nitrogen and oxygen atoms in total. The minimum absolute atomic E-state index is 0.627. The molecular formula is C11H20N2. The van der Waals surface area contributed by atoms with E-state index in [1.165, 1.54) is 37.9 Å². The van der Waals surface area contributed by atoms with Gasteiger partial charge in [0.15, 0.2) is 0 Å². The van der Waals surface area contributed by atoms with Gasteiger partial charge in [-0.05, 0) is 26.7 Å². The van der Waals surface area contributed by atoms with Crippen LogP contribution in [0, 0.1) is 0 Å². The van der Waals surface area contributed by atoms with Crippen LogP contribution in [-0.4, -0.2) is 29.4 Å². The Morgan fingerprint density at radius 1 is 1.31 bits per heavy atom. The van der Waals surface area contributed by atoms with Crippen LogP contribution in [0.2, 0.25) is 0 Å². The molecule has 74 valence electrons. The van der Waals surface area contributed by atoms with E-state index in [0.717, 1.165) is 12.6 Å². The van der Waals surface area contributed by atoms with Gasteiger partial charge in [0, 0.05) is 6.54 Å². The highest BCUT2D eigenvalue weighted by Gasteiger charge is 2.33. The molecule has 2 atom stereocenters. The van der Waals surface area contributed by atoms with E-state index in [1.54, 1.807) is 0 Å². The second kappa shape index (κ2) is 3.69. The molecule has 0 radical (unpaired) electrons. The van der Waals surface area contributed by atoms with Gasteiger partial charge in [0.2, 0.25) is 0 Å². The first-order valence-electron chi connectivity index (χ1n) is 5.64. The Labute approximate surface area is 81.0 Å². The van der Waals surface area contributed by atoms with Crippen molar-refractivity contribution >= 4 is 5.84 Å². The summed E-state index contributed by atoms with van der Waals surface area (Å²) in [6.07, 6.45) is 6.88. The number of aliphatic imine (C=N–C) groups is 1. The molecule has 0 amide bonds. The van der Waals surface area contributed by atoms with Gasteiger partial charge >= 0.3 is 0 Å². The lowest BCUT2D eigenvalue weighted by Gasteiger charge is -2.27. The second-order valence-corrected chi connectivity index (χ2v) is 4.24. The van der Waals surface area contributed by atoms with Gasteiger partial charge in [-0.25, -0.2) is 0 Å². The monoisotopic (exact) mass is 180 g/mol. The van der Waals surface area contributed by atoms with Crippen LogP contribution in [0.25, 0.3) is 0 Å². The van der Waals surface area contributed by atoms with E-state index < -0.39 is 0 Å². The summed E-state index contributed by atoms with van der Waals surface area (Å²) in [6.45, 7) is 5.54. The number of fused-ring (bicyclic) bond motifs is 1. The van der Waals surface area contributed by atoms with Crippen LogP contribution in [0.1, 0.15) is 46.0 Å². The Balaban J connectivity index is 2.11. The molecule has 2 unspecified atom stereocenters. The Bertz CT molecular complexity index is 210. The lowest BCUT2D eigenvalue weighted by Crippen LogP contribution is -2.38. The SMILES string of the molecule is CCN1C(C)=NC2CCCCCC21. The molecule has 1 saturated carbocycles. The summed E-state index contributed by atoms with van der Waals surface area (Å²) in [5, 5.41) is 0. The zero-order chi connectivity index (χ0) is 9.26. The van der Waals surface area contributed by atoms with E-state index in [0.29, 0.717) is 6.04 Å². The molecule has 1 aliphatic carbocycles. The van der Waals surface area contributed by atoms with E-state index in [1.807, 2.05) is 0 Å². The summed E-state index contributed by atoms with van der Waals surface area (Å²) in [4.78, 5) is 7.26. The molecular weight excluding hydrogens is 160 g/mol. The van der Waals surface area contributed by atoms with Crippen LogP contribution < -0.4 is 0 Å². The standard InChI is InChI=1S/C11H20N2/c1-3-13-9(2)12-10-7-5-4-6-8-11(10)13/h10-11H,3-8H2,1-2H3. The first-order chi connectivity index (χ1) is 6.33. The van der Waals surface area contributed by atoms with Crippen molar-refractivity contribution in [3.05, 3.63) is 0 Å². The normalized spacial score (nSPS) is 34.0. The lowest BCUT2D eigenvalue weighted by atomic mass is 10.0. The summed E-state index contributed by atoms with van der Waals surface area (Å²) < 4.78 is 0. The van der Waals surface area contributed by atoms with Gasteiger partial charge in [-0.3, -0.25) is 4.99 Å². The molecule has 0 N–H and O–H groups in total. The molecule has 2 aliphatic rings. The van der Waals surface area contributed by atoms with E-state index in [-0.39, 0.29) is 0 Å². The van der Waals surface area contributed by atoms with Gasteiger partial charge in [-0.15, -0.1) is 0 Å². The quantitative estimate of drug-likeness (QED) is 0.605. The number of amidine groups is 1. The Morgan fingerprint density at radius 2 is 2.08 bits per heavy atom. The van der Waals surface area contributed by atoms with Crippen molar-refractivity contribution in [2.75, 3.05) is 6.54 Å². The molecule has 1 fully saturated rings. The van der Waals surface area contributed by atoms with Gasteiger partial charge < -0.3 is 4.90 Å². The van der Waals surface area contributed by atoms with E-state index in [2.05, 4.69) is 18.7 Å². The average Bonchev–Trinajstić information content (AvgIpc) is 2.32. The maximum Gasteiger partial charge on any atom is 0.0965 e. The van der Waals surface area contributed by atoms with Crippen LogP contribution in [0.4, 0.5) is 0 Å². The van der Waals surface area contributed by atoms with Gasteiger partial charge in [-0.2, -0.15) is 0 Å². The number of rotatable bonds is 1. The number of likely N-dealkylation sites (N-methyl/N-ethyl adjacent to an activating group) is 1. The molecule has 0 spiro atoms. The molecule has 1 heterocycles. The van der Waals surface area contributed by atoms with Crippen molar-refractivity contribution in [1.29, 1.82) is 0 Å². The Kier molecular flexibility index (Phi) is 2.56. The fourth-order valence-electron chi connectivity index (χ4n) is 2.80. The van der Waals surface area contributed by atoms with Crippen LogP contribution in [0.15, 0.2) is 4.99 Å². The fraction of sp³-hybridized carbons (Fsp3) is 0.909. The first-order valence-corrected chi connectivity index (χ1v) is 5.64. The molecule has 13 heavy (non-hydrogen) atoms. The average molecular weight is 180 g/mol. The predicted molar refractivity (Wildman–Crippen MR) is 56.2 cm³/mol. The maximum absolute atomic E-state index is 4.77. The van der Waals surface area contributed by atoms with E-state index >= 15 is 0 Å². The van der Waals surface area contributed by atoms with E-state index in [9.17, 15) is 0 Å². The van der Waals surface area contributed by atoms with Gasteiger partial charge in [0.1, 0.15) is 0 Å². The molecule has 2 heteroatoms. The largest absolute Gasteiger partial charge is 0.356 e. The van der Waals surface area contributed by atoms with Crippen molar-refractivity contribution in [2.45, 2.75) is 58.0 Å². The molecule has 0 aromatic rings. The van der Waals surface area contributed by atoms with E-state index in [4.69, 9.17) is 4.99 Å². The van der Waals surface area contributed by atoms with Crippen molar-refractivity contribution in [1.82, 2.24) is 4.90 Å². The molecule has 1 aliphatic heterocycles. The third-order valence-corrected chi connectivity index (χ3v) is 3.45. The van der Waals surface area contributed by atoms with Crippen molar-refractivity contribution in [3.8, 4) is 0 Å². The van der Waals surface area contributed by atoms with Gasteiger partial charge in [0.25, 0.3) is 0 Å². The van der Waals surface area contributed by atoms with Gasteiger partial charge in [0.05, 0.1) is 17.9 Å². The summed E-state index contributed by atoms with van der Waals surface area (Å²) in [5.74, 6) is 1.28. The zero-order valence-electron chi connectivity index (χ0n) is 8.79.